The van der Waals surface area contributed by atoms with Gasteiger partial charge in [0.15, 0.2) is 6.04 Å². The highest BCUT2D eigenvalue weighted by atomic mass is 16.7. The Morgan fingerprint density at radius 1 is 1.17 bits per heavy atom. The lowest BCUT2D eigenvalue weighted by Crippen LogP contribution is -2.50. The van der Waals surface area contributed by atoms with Crippen LogP contribution in [0.2, 0.25) is 0 Å². The second-order valence-corrected chi connectivity index (χ2v) is 6.42. The van der Waals surface area contributed by atoms with Gasteiger partial charge in [0.05, 0.1) is 7.11 Å². The molecule has 2 rings (SSSR count). The summed E-state index contributed by atoms with van der Waals surface area (Å²) >= 11 is 0. The number of hydrogen-bond donors (Lipinski definition) is 0. The van der Waals surface area contributed by atoms with Crippen LogP contribution in [0, 0.1) is 11.8 Å². The van der Waals surface area contributed by atoms with Crippen LogP contribution in [0.5, 0.6) is 0 Å². The molecule has 2 amide bonds. The lowest BCUT2D eigenvalue weighted by Gasteiger charge is -2.30. The molecule has 128 valence electrons. The molecule has 0 radical (unpaired) electrons. The van der Waals surface area contributed by atoms with E-state index in [0.29, 0.717) is 11.5 Å². The molecule has 23 heavy (non-hydrogen) atoms. The summed E-state index contributed by atoms with van der Waals surface area (Å²) in [5, 5.41) is 0.712. The zero-order chi connectivity index (χ0) is 17.5. The van der Waals surface area contributed by atoms with E-state index in [-0.39, 0.29) is 23.9 Å². The van der Waals surface area contributed by atoms with Crippen LogP contribution in [0.15, 0.2) is 0 Å². The molecule has 1 aliphatic carbocycles. The maximum Gasteiger partial charge on any atom is 0.421 e. The van der Waals surface area contributed by atoms with Gasteiger partial charge in [-0.25, -0.2) is 9.59 Å². The first-order valence-corrected chi connectivity index (χ1v) is 7.66. The third-order valence-electron chi connectivity index (χ3n) is 4.18. The first kappa shape index (κ1) is 17.2. The van der Waals surface area contributed by atoms with Gasteiger partial charge in [0.25, 0.3) is 5.91 Å². The predicted molar refractivity (Wildman–Crippen MR) is 77.5 cm³/mol. The molecule has 0 N–H and O–H groups in total. The molecular weight excluding hydrogens is 304 g/mol. The largest absolute Gasteiger partial charge is 0.467 e. The lowest BCUT2D eigenvalue weighted by molar-refractivity contribution is -0.210. The average molecular weight is 326 g/mol. The van der Waals surface area contributed by atoms with Gasteiger partial charge in [-0.1, -0.05) is 0 Å². The highest BCUT2D eigenvalue weighted by Crippen LogP contribution is 2.50. The van der Waals surface area contributed by atoms with E-state index in [1.807, 2.05) is 0 Å². The van der Waals surface area contributed by atoms with Gasteiger partial charge >= 0.3 is 17.8 Å². The Kier molecular flexibility index (Phi) is 4.63. The van der Waals surface area contributed by atoms with Crippen molar-refractivity contribution in [1.82, 2.24) is 9.96 Å². The smallest absolute Gasteiger partial charge is 0.421 e. The van der Waals surface area contributed by atoms with Crippen LogP contribution in [0.1, 0.15) is 34.1 Å². The molecule has 1 saturated heterocycles. The molecular formula is C15H22N2O6. The van der Waals surface area contributed by atoms with E-state index in [4.69, 9.17) is 4.84 Å². The van der Waals surface area contributed by atoms with Crippen molar-refractivity contribution in [1.29, 1.82) is 0 Å². The standard InChI is InChI=1S/C15H22N2O6/c1-7(2)16(8(3)4)13(19)15(21)23-17-11(14(20)22-5)9-6-10(9)12(17)18/h7-11H,6H2,1-5H3. The first-order chi connectivity index (χ1) is 10.7. The summed E-state index contributed by atoms with van der Waals surface area (Å²) < 4.78 is 4.66. The Morgan fingerprint density at radius 3 is 2.22 bits per heavy atom. The summed E-state index contributed by atoms with van der Waals surface area (Å²) in [5.74, 6) is -3.64. The Bertz CT molecular complexity index is 536. The molecule has 1 aliphatic heterocycles. The second kappa shape index (κ2) is 6.17. The number of piperidine rings is 1. The summed E-state index contributed by atoms with van der Waals surface area (Å²) in [6.45, 7) is 7.11. The summed E-state index contributed by atoms with van der Waals surface area (Å²) in [4.78, 5) is 54.6. The molecule has 3 atom stereocenters. The van der Waals surface area contributed by atoms with Crippen molar-refractivity contribution < 1.29 is 28.8 Å². The molecule has 1 saturated carbocycles. The minimum Gasteiger partial charge on any atom is -0.467 e. The monoisotopic (exact) mass is 326 g/mol. The number of amides is 2. The molecule has 0 spiro atoms. The van der Waals surface area contributed by atoms with Crippen LogP contribution in [-0.4, -0.2) is 59.0 Å². The zero-order valence-electron chi connectivity index (χ0n) is 13.9. The maximum absolute atomic E-state index is 12.3. The van der Waals surface area contributed by atoms with Crippen LogP contribution >= 0.6 is 0 Å². The molecule has 1 heterocycles. The number of ether oxygens (including phenoxy) is 1. The molecule has 0 aromatic heterocycles. The van der Waals surface area contributed by atoms with Crippen molar-refractivity contribution in [2.24, 2.45) is 11.8 Å². The Morgan fingerprint density at radius 2 is 1.74 bits per heavy atom. The van der Waals surface area contributed by atoms with Crippen molar-refractivity contribution in [3.8, 4) is 0 Å². The van der Waals surface area contributed by atoms with E-state index < -0.39 is 29.8 Å². The Balaban J connectivity index is 2.11. The summed E-state index contributed by atoms with van der Waals surface area (Å²) in [5.41, 5.74) is 0. The minimum atomic E-state index is -1.17. The predicted octanol–water partition coefficient (Wildman–Crippen LogP) is 0.110. The van der Waals surface area contributed by atoms with Gasteiger partial charge in [0, 0.05) is 23.9 Å². The number of esters is 1. The number of hydroxylamine groups is 2. The molecule has 2 aliphatic rings. The number of carbonyl (C=O) groups is 4. The third-order valence-corrected chi connectivity index (χ3v) is 4.18. The molecule has 8 nitrogen and oxygen atoms in total. The number of rotatable bonds is 4. The minimum absolute atomic E-state index is 0.200. The second-order valence-electron chi connectivity index (χ2n) is 6.42. The van der Waals surface area contributed by atoms with Gasteiger partial charge in [0.2, 0.25) is 0 Å². The van der Waals surface area contributed by atoms with Crippen LogP contribution in [0.3, 0.4) is 0 Å². The van der Waals surface area contributed by atoms with Crippen LogP contribution in [-0.2, 0) is 28.8 Å². The van der Waals surface area contributed by atoms with Gasteiger partial charge in [-0.05, 0) is 34.1 Å². The van der Waals surface area contributed by atoms with Crippen molar-refractivity contribution in [2.45, 2.75) is 52.2 Å². The zero-order valence-corrected chi connectivity index (χ0v) is 13.9. The van der Waals surface area contributed by atoms with Crippen LogP contribution in [0.25, 0.3) is 0 Å². The fourth-order valence-electron chi connectivity index (χ4n) is 3.11. The van der Waals surface area contributed by atoms with Gasteiger partial charge in [-0.15, -0.1) is 0 Å². The SMILES string of the molecule is COC(=O)C1C2CC2C(=O)N1OC(=O)C(=O)N(C(C)C)C(C)C. The Labute approximate surface area is 134 Å². The number of fused-ring (bicyclic) bond motifs is 1. The fourth-order valence-corrected chi connectivity index (χ4v) is 3.11. The first-order valence-electron chi connectivity index (χ1n) is 7.66. The third kappa shape index (κ3) is 3.02. The van der Waals surface area contributed by atoms with Crippen molar-refractivity contribution >= 4 is 23.8 Å². The molecule has 0 aromatic rings. The normalized spacial score (nSPS) is 25.4. The number of methoxy groups -OCH3 is 1. The highest BCUT2D eigenvalue weighted by molar-refractivity contribution is 6.32. The van der Waals surface area contributed by atoms with Crippen molar-refractivity contribution in [3.05, 3.63) is 0 Å². The average Bonchev–Trinajstić information content (AvgIpc) is 3.19. The van der Waals surface area contributed by atoms with Gasteiger partial charge < -0.3 is 14.5 Å². The lowest BCUT2D eigenvalue weighted by atomic mass is 10.2. The van der Waals surface area contributed by atoms with Gasteiger partial charge in [-0.3, -0.25) is 9.59 Å². The topological polar surface area (TPSA) is 93.2 Å². The van der Waals surface area contributed by atoms with Crippen molar-refractivity contribution in [2.75, 3.05) is 7.11 Å². The van der Waals surface area contributed by atoms with Crippen LogP contribution < -0.4 is 0 Å². The molecule has 2 fully saturated rings. The summed E-state index contributed by atoms with van der Waals surface area (Å²) in [7, 11) is 1.20. The van der Waals surface area contributed by atoms with E-state index in [1.165, 1.54) is 12.0 Å². The van der Waals surface area contributed by atoms with E-state index in [1.54, 1.807) is 27.7 Å². The van der Waals surface area contributed by atoms with E-state index >= 15 is 0 Å². The van der Waals surface area contributed by atoms with E-state index in [0.717, 1.165) is 0 Å². The molecule has 0 aromatic carbocycles. The van der Waals surface area contributed by atoms with E-state index in [2.05, 4.69) is 4.74 Å². The van der Waals surface area contributed by atoms with Crippen molar-refractivity contribution in [3.63, 3.8) is 0 Å². The maximum atomic E-state index is 12.3. The number of carbonyl (C=O) groups excluding carboxylic acids is 4. The molecule has 3 unspecified atom stereocenters. The number of hydrogen-bond acceptors (Lipinski definition) is 6. The fraction of sp³-hybridized carbons (Fsp3) is 0.733. The molecule has 0 bridgehead atoms. The van der Waals surface area contributed by atoms with Gasteiger partial charge in [-0.2, -0.15) is 5.06 Å². The summed E-state index contributed by atoms with van der Waals surface area (Å²) in [6, 6.07) is -1.36. The molecule has 8 heteroatoms. The van der Waals surface area contributed by atoms with E-state index in [9.17, 15) is 19.2 Å². The highest BCUT2D eigenvalue weighted by Gasteiger charge is 2.64. The van der Waals surface area contributed by atoms with Gasteiger partial charge in [0.1, 0.15) is 0 Å². The summed E-state index contributed by atoms with van der Waals surface area (Å²) in [6.07, 6.45) is 0.574. The quantitative estimate of drug-likeness (QED) is 0.538. The number of nitrogens with zero attached hydrogens (tertiary/aromatic N) is 2. The van der Waals surface area contributed by atoms with Crippen LogP contribution in [0.4, 0.5) is 0 Å². The Hall–Kier alpha value is -2.12.